The molecule has 0 aliphatic heterocycles. The molecule has 0 radical (unpaired) electrons. The van der Waals surface area contributed by atoms with Gasteiger partial charge in [0.1, 0.15) is 23.0 Å². The molecule has 0 saturated carbocycles. The molecule has 4 aromatic rings. The molecule has 2 aromatic carbocycles. The Hall–Kier alpha value is -3.37. The Balaban J connectivity index is 1.39. The molecule has 2 amide bonds. The summed E-state index contributed by atoms with van der Waals surface area (Å²) in [7, 11) is 0. The smallest absolute Gasteiger partial charge is 0.269 e. The number of fused-ring (bicyclic) bond motifs is 1. The molecule has 4 rings (SSSR count). The largest absolute Gasteiger partial charge is 0.272 e. The molecule has 2 N–H and O–H groups in total. The van der Waals surface area contributed by atoms with Crippen molar-refractivity contribution in [1.29, 1.82) is 0 Å². The first-order valence-electron chi connectivity index (χ1n) is 8.97. The van der Waals surface area contributed by atoms with Crippen molar-refractivity contribution in [1.82, 2.24) is 20.8 Å². The van der Waals surface area contributed by atoms with Crippen LogP contribution in [0.15, 0.2) is 66.0 Å². The van der Waals surface area contributed by atoms with Crippen molar-refractivity contribution in [3.63, 3.8) is 0 Å². The Bertz CT molecular complexity index is 1240. The highest BCUT2D eigenvalue weighted by atomic mass is 32.2. The van der Waals surface area contributed by atoms with E-state index in [2.05, 4.69) is 20.8 Å². The third-order valence-electron chi connectivity index (χ3n) is 4.17. The van der Waals surface area contributed by atoms with Crippen LogP contribution in [0.2, 0.25) is 0 Å². The number of rotatable bonds is 5. The normalized spacial score (nSPS) is 10.8. The summed E-state index contributed by atoms with van der Waals surface area (Å²) in [5, 5.41) is 0.628. The van der Waals surface area contributed by atoms with E-state index in [1.54, 1.807) is 12.1 Å². The summed E-state index contributed by atoms with van der Waals surface area (Å²) < 4.78 is 26.9. The maximum Gasteiger partial charge on any atom is 0.269 e. The molecule has 0 unspecified atom stereocenters. The van der Waals surface area contributed by atoms with Crippen LogP contribution in [0.4, 0.5) is 8.78 Å². The van der Waals surface area contributed by atoms with Crippen LogP contribution in [0.3, 0.4) is 0 Å². The number of aromatic nitrogens is 2. The second kappa shape index (κ2) is 9.19. The highest BCUT2D eigenvalue weighted by Crippen LogP contribution is 2.36. The number of thioether (sulfide) groups is 1. The third-order valence-corrected chi connectivity index (χ3v) is 6.47. The first-order valence-corrected chi connectivity index (χ1v) is 10.8. The Morgan fingerprint density at radius 2 is 1.61 bits per heavy atom. The third kappa shape index (κ3) is 5.04. The van der Waals surface area contributed by atoms with Gasteiger partial charge in [-0.05, 0) is 48.0 Å². The van der Waals surface area contributed by atoms with Gasteiger partial charge in [-0.2, -0.15) is 0 Å². The lowest BCUT2D eigenvalue weighted by Gasteiger charge is -2.07. The van der Waals surface area contributed by atoms with Crippen LogP contribution in [0.1, 0.15) is 10.4 Å². The van der Waals surface area contributed by atoms with Gasteiger partial charge in [-0.15, -0.1) is 11.3 Å². The Morgan fingerprint density at radius 3 is 2.32 bits per heavy atom. The quantitative estimate of drug-likeness (QED) is 0.267. The van der Waals surface area contributed by atoms with Crippen LogP contribution in [0.5, 0.6) is 0 Å². The number of hydrogen-bond acceptors (Lipinski definition) is 6. The predicted molar refractivity (Wildman–Crippen MR) is 116 cm³/mol. The topological polar surface area (TPSA) is 84.0 Å². The van der Waals surface area contributed by atoms with E-state index >= 15 is 0 Å². The number of hydrogen-bond donors (Lipinski definition) is 2. The minimum Gasteiger partial charge on any atom is -0.272 e. The number of halogens is 2. The average molecular weight is 456 g/mol. The molecule has 31 heavy (non-hydrogen) atoms. The second-order valence-corrected chi connectivity index (χ2v) is 8.32. The molecule has 0 bridgehead atoms. The fourth-order valence-corrected chi connectivity index (χ4v) is 4.66. The van der Waals surface area contributed by atoms with Crippen LogP contribution in [-0.4, -0.2) is 27.5 Å². The maximum absolute atomic E-state index is 13.2. The molecular weight excluding hydrogens is 442 g/mol. The van der Waals surface area contributed by atoms with Crippen molar-refractivity contribution >= 4 is 45.1 Å². The van der Waals surface area contributed by atoms with Crippen LogP contribution < -0.4 is 10.9 Å². The van der Waals surface area contributed by atoms with E-state index in [1.165, 1.54) is 53.7 Å². The molecule has 0 saturated heterocycles. The van der Waals surface area contributed by atoms with Gasteiger partial charge in [0.05, 0.1) is 16.0 Å². The fraction of sp³-hybridized carbons (Fsp3) is 0.0476. The van der Waals surface area contributed by atoms with Gasteiger partial charge >= 0.3 is 0 Å². The van der Waals surface area contributed by atoms with E-state index < -0.39 is 17.6 Å². The molecule has 0 atom stereocenters. The van der Waals surface area contributed by atoms with Crippen molar-refractivity contribution in [2.24, 2.45) is 0 Å². The molecule has 2 aromatic heterocycles. The first kappa shape index (κ1) is 20.9. The summed E-state index contributed by atoms with van der Waals surface area (Å²) >= 11 is 2.66. The van der Waals surface area contributed by atoms with Crippen molar-refractivity contribution < 1.29 is 18.4 Å². The summed E-state index contributed by atoms with van der Waals surface area (Å²) in [6.45, 7) is 0. The zero-order chi connectivity index (χ0) is 21.8. The highest BCUT2D eigenvalue weighted by molar-refractivity contribution is 8.00. The minimum atomic E-state index is -0.551. The molecule has 6 nitrogen and oxygen atoms in total. The Kier molecular flexibility index (Phi) is 6.19. The lowest BCUT2D eigenvalue weighted by Crippen LogP contribution is -2.42. The number of nitrogens with zero attached hydrogens (tertiary/aromatic N) is 2. The number of nitrogens with one attached hydrogen (secondary N) is 2. The molecule has 0 spiro atoms. The van der Waals surface area contributed by atoms with E-state index in [0.717, 1.165) is 32.8 Å². The maximum atomic E-state index is 13.2. The van der Waals surface area contributed by atoms with Gasteiger partial charge in [-0.25, -0.2) is 18.7 Å². The molecular formula is C21H14F2N4O2S2. The van der Waals surface area contributed by atoms with Crippen LogP contribution >= 0.6 is 23.1 Å². The monoisotopic (exact) mass is 456 g/mol. The number of amides is 2. The van der Waals surface area contributed by atoms with Crippen molar-refractivity contribution in [3.05, 3.63) is 78.1 Å². The molecule has 2 heterocycles. The van der Waals surface area contributed by atoms with E-state index in [-0.39, 0.29) is 17.1 Å². The first-order chi connectivity index (χ1) is 15.0. The summed E-state index contributed by atoms with van der Waals surface area (Å²) in [5.74, 6) is -1.73. The Labute approximate surface area is 183 Å². The average Bonchev–Trinajstić information content (AvgIpc) is 3.22. The summed E-state index contributed by atoms with van der Waals surface area (Å²) in [6, 6.07) is 13.0. The predicted octanol–water partition coefficient (Wildman–Crippen LogP) is 4.19. The van der Waals surface area contributed by atoms with E-state index in [0.29, 0.717) is 5.03 Å². The number of carbonyl (C=O) groups is 2. The summed E-state index contributed by atoms with van der Waals surface area (Å²) in [6.07, 6.45) is 1.42. The SMILES string of the molecule is O=C(CSc1ncnc2cc(-c3ccc(F)cc3)sc12)NNC(=O)c1ccc(F)cc1. The van der Waals surface area contributed by atoms with Crippen LogP contribution in [-0.2, 0) is 4.79 Å². The minimum absolute atomic E-state index is 0.0135. The van der Waals surface area contributed by atoms with E-state index in [9.17, 15) is 18.4 Å². The standard InChI is InChI=1S/C21H14F2N4O2S2/c22-14-5-1-12(2-6-14)17-9-16-19(31-17)21(25-11-24-16)30-10-18(28)26-27-20(29)13-3-7-15(23)8-4-13/h1-9,11H,10H2,(H,26,28)(H,27,29). The number of thiophene rings is 1. The second-order valence-electron chi connectivity index (χ2n) is 6.31. The van der Waals surface area contributed by atoms with Gasteiger partial charge in [0.25, 0.3) is 5.91 Å². The fourth-order valence-electron chi connectivity index (χ4n) is 2.66. The van der Waals surface area contributed by atoms with Crippen molar-refractivity contribution in [3.8, 4) is 10.4 Å². The zero-order valence-electron chi connectivity index (χ0n) is 15.8. The van der Waals surface area contributed by atoms with Crippen LogP contribution in [0.25, 0.3) is 20.7 Å². The lowest BCUT2D eigenvalue weighted by atomic mass is 10.2. The van der Waals surface area contributed by atoms with Gasteiger partial charge in [0.2, 0.25) is 5.91 Å². The molecule has 0 aliphatic rings. The van der Waals surface area contributed by atoms with E-state index in [1.807, 2.05) is 6.07 Å². The molecule has 0 fully saturated rings. The van der Waals surface area contributed by atoms with Gasteiger partial charge < -0.3 is 0 Å². The van der Waals surface area contributed by atoms with Crippen molar-refractivity contribution in [2.75, 3.05) is 5.75 Å². The van der Waals surface area contributed by atoms with Gasteiger partial charge in [0, 0.05) is 10.4 Å². The van der Waals surface area contributed by atoms with Gasteiger partial charge in [0.15, 0.2) is 0 Å². The molecule has 10 heteroatoms. The molecule has 156 valence electrons. The van der Waals surface area contributed by atoms with Gasteiger partial charge in [-0.1, -0.05) is 23.9 Å². The van der Waals surface area contributed by atoms with E-state index in [4.69, 9.17) is 0 Å². The zero-order valence-corrected chi connectivity index (χ0v) is 17.4. The molecule has 0 aliphatic carbocycles. The number of hydrazine groups is 1. The Morgan fingerprint density at radius 1 is 0.935 bits per heavy atom. The number of benzene rings is 2. The van der Waals surface area contributed by atoms with Gasteiger partial charge in [-0.3, -0.25) is 20.4 Å². The number of carbonyl (C=O) groups excluding carboxylic acids is 2. The summed E-state index contributed by atoms with van der Waals surface area (Å²) in [5.41, 5.74) is 6.42. The van der Waals surface area contributed by atoms with Crippen molar-refractivity contribution in [2.45, 2.75) is 5.03 Å². The van der Waals surface area contributed by atoms with Crippen LogP contribution in [0, 0.1) is 11.6 Å². The lowest BCUT2D eigenvalue weighted by molar-refractivity contribution is -0.119. The summed E-state index contributed by atoms with van der Waals surface area (Å²) in [4.78, 5) is 33.5. The highest BCUT2D eigenvalue weighted by Gasteiger charge is 2.13.